The monoisotopic (exact) mass is 265 g/mol. The van der Waals surface area contributed by atoms with Gasteiger partial charge < -0.3 is 4.90 Å². The van der Waals surface area contributed by atoms with E-state index in [4.69, 9.17) is 0 Å². The predicted molar refractivity (Wildman–Crippen MR) is 76.9 cm³/mol. The molecule has 3 heteroatoms. The van der Waals surface area contributed by atoms with Crippen LogP contribution in [0, 0.1) is 5.92 Å². The number of rotatable bonds is 8. The Morgan fingerprint density at radius 1 is 1.50 bits per heavy atom. The molecule has 0 radical (unpaired) electrons. The first-order valence-corrected chi connectivity index (χ1v) is 7.97. The largest absolute Gasteiger partial charge is 0.342 e. The third kappa shape index (κ3) is 4.45. The van der Waals surface area contributed by atoms with Gasteiger partial charge in [-0.3, -0.25) is 4.79 Å². The van der Waals surface area contributed by atoms with Crippen LogP contribution in [-0.4, -0.2) is 23.9 Å². The second-order valence-corrected chi connectivity index (χ2v) is 6.25. The first kappa shape index (κ1) is 13.6. The summed E-state index contributed by atoms with van der Waals surface area (Å²) in [4.78, 5) is 15.6. The Morgan fingerprint density at radius 3 is 2.94 bits per heavy atom. The molecule has 0 aliphatic heterocycles. The van der Waals surface area contributed by atoms with Crippen molar-refractivity contribution in [3.05, 3.63) is 22.4 Å². The third-order valence-corrected chi connectivity index (χ3v) is 4.35. The van der Waals surface area contributed by atoms with Gasteiger partial charge in [0.2, 0.25) is 5.91 Å². The standard InChI is InChI=1S/C15H23NOS/c1-2-10-16(12-13-8-9-13)15(17)7-3-5-14-6-4-11-18-14/h4,6,11,13H,2-3,5,7-10,12H2,1H3. The molecule has 1 aliphatic rings. The minimum absolute atomic E-state index is 0.361. The quantitative estimate of drug-likeness (QED) is 0.701. The average Bonchev–Trinajstić information content (AvgIpc) is 3.02. The van der Waals surface area contributed by atoms with Crippen LogP contribution in [0.2, 0.25) is 0 Å². The van der Waals surface area contributed by atoms with E-state index in [1.54, 1.807) is 11.3 Å². The van der Waals surface area contributed by atoms with Crippen molar-refractivity contribution in [1.82, 2.24) is 4.90 Å². The van der Waals surface area contributed by atoms with Crippen LogP contribution in [-0.2, 0) is 11.2 Å². The van der Waals surface area contributed by atoms with Gasteiger partial charge in [0.1, 0.15) is 0 Å². The maximum absolute atomic E-state index is 12.2. The molecule has 0 N–H and O–H groups in total. The van der Waals surface area contributed by atoms with E-state index in [-0.39, 0.29) is 0 Å². The summed E-state index contributed by atoms with van der Waals surface area (Å²) in [6, 6.07) is 4.24. The molecule has 1 aromatic rings. The lowest BCUT2D eigenvalue weighted by Crippen LogP contribution is -2.33. The van der Waals surface area contributed by atoms with Crippen molar-refractivity contribution in [3.8, 4) is 0 Å². The molecule has 0 atom stereocenters. The molecule has 0 bridgehead atoms. The van der Waals surface area contributed by atoms with E-state index in [2.05, 4.69) is 29.3 Å². The molecule has 100 valence electrons. The average molecular weight is 265 g/mol. The molecular formula is C15H23NOS. The lowest BCUT2D eigenvalue weighted by Gasteiger charge is -2.22. The van der Waals surface area contributed by atoms with Gasteiger partial charge in [-0.2, -0.15) is 0 Å². The first-order valence-electron chi connectivity index (χ1n) is 7.09. The summed E-state index contributed by atoms with van der Waals surface area (Å²) in [6.45, 7) is 4.10. The van der Waals surface area contributed by atoms with Crippen LogP contribution < -0.4 is 0 Å². The summed E-state index contributed by atoms with van der Waals surface area (Å²) in [5.74, 6) is 1.16. The van der Waals surface area contributed by atoms with E-state index in [0.29, 0.717) is 12.3 Å². The van der Waals surface area contributed by atoms with Gasteiger partial charge >= 0.3 is 0 Å². The van der Waals surface area contributed by atoms with Crippen molar-refractivity contribution >= 4 is 17.2 Å². The van der Waals surface area contributed by atoms with Crippen LogP contribution in [0.4, 0.5) is 0 Å². The van der Waals surface area contributed by atoms with E-state index in [9.17, 15) is 4.79 Å². The molecule has 0 saturated heterocycles. The summed E-state index contributed by atoms with van der Waals surface area (Å²) in [5.41, 5.74) is 0. The highest BCUT2D eigenvalue weighted by Gasteiger charge is 2.25. The number of aryl methyl sites for hydroxylation is 1. The molecule has 1 heterocycles. The molecule has 1 aliphatic carbocycles. The summed E-state index contributed by atoms with van der Waals surface area (Å²) in [7, 11) is 0. The summed E-state index contributed by atoms with van der Waals surface area (Å²) >= 11 is 1.79. The van der Waals surface area contributed by atoms with Crippen molar-refractivity contribution in [2.24, 2.45) is 5.92 Å². The molecule has 1 saturated carbocycles. The molecular weight excluding hydrogens is 242 g/mol. The maximum atomic E-state index is 12.2. The van der Waals surface area contributed by atoms with Gasteiger partial charge in [-0.15, -0.1) is 11.3 Å². The predicted octanol–water partition coefficient (Wildman–Crippen LogP) is 3.72. The zero-order chi connectivity index (χ0) is 12.8. The smallest absolute Gasteiger partial charge is 0.222 e. The number of hydrogen-bond acceptors (Lipinski definition) is 2. The molecule has 1 aromatic heterocycles. The van der Waals surface area contributed by atoms with Crippen molar-refractivity contribution in [1.29, 1.82) is 0 Å². The highest BCUT2D eigenvalue weighted by molar-refractivity contribution is 7.09. The molecule has 0 unspecified atom stereocenters. The summed E-state index contributed by atoms with van der Waals surface area (Å²) in [6.07, 6.45) is 6.47. The number of nitrogens with zero attached hydrogens (tertiary/aromatic N) is 1. The van der Waals surface area contributed by atoms with Crippen molar-refractivity contribution in [3.63, 3.8) is 0 Å². The van der Waals surface area contributed by atoms with Crippen molar-refractivity contribution < 1.29 is 4.79 Å². The zero-order valence-electron chi connectivity index (χ0n) is 11.2. The minimum atomic E-state index is 0.361. The maximum Gasteiger partial charge on any atom is 0.222 e. The van der Waals surface area contributed by atoms with Gasteiger partial charge in [-0.1, -0.05) is 13.0 Å². The zero-order valence-corrected chi connectivity index (χ0v) is 12.0. The first-order chi connectivity index (χ1) is 8.79. The second-order valence-electron chi connectivity index (χ2n) is 5.22. The van der Waals surface area contributed by atoms with Crippen molar-refractivity contribution in [2.75, 3.05) is 13.1 Å². The SMILES string of the molecule is CCCN(CC1CC1)C(=O)CCCc1cccs1. The molecule has 18 heavy (non-hydrogen) atoms. The Balaban J connectivity index is 1.70. The van der Waals surface area contributed by atoms with Crippen LogP contribution in [0.25, 0.3) is 0 Å². The molecule has 0 spiro atoms. The number of carbonyl (C=O) groups is 1. The minimum Gasteiger partial charge on any atom is -0.342 e. The van der Waals surface area contributed by atoms with Crippen LogP contribution >= 0.6 is 11.3 Å². The van der Waals surface area contributed by atoms with E-state index in [1.807, 2.05) is 0 Å². The second kappa shape index (κ2) is 6.93. The molecule has 2 rings (SSSR count). The fraction of sp³-hybridized carbons (Fsp3) is 0.667. The Hall–Kier alpha value is -0.830. The van der Waals surface area contributed by atoms with Gasteiger partial charge in [-0.25, -0.2) is 0 Å². The molecule has 1 fully saturated rings. The highest BCUT2D eigenvalue weighted by Crippen LogP contribution is 2.30. The topological polar surface area (TPSA) is 20.3 Å². The van der Waals surface area contributed by atoms with Gasteiger partial charge in [0, 0.05) is 24.4 Å². The summed E-state index contributed by atoms with van der Waals surface area (Å²) in [5, 5.41) is 2.10. The van der Waals surface area contributed by atoms with Crippen LogP contribution in [0.3, 0.4) is 0 Å². The Labute approximate surface area is 114 Å². The van der Waals surface area contributed by atoms with E-state index < -0.39 is 0 Å². The van der Waals surface area contributed by atoms with Gasteiger partial charge in [0.25, 0.3) is 0 Å². The molecule has 1 amide bonds. The number of thiophene rings is 1. The fourth-order valence-electron chi connectivity index (χ4n) is 2.23. The Morgan fingerprint density at radius 2 is 2.33 bits per heavy atom. The molecule has 0 aromatic carbocycles. The number of hydrogen-bond donors (Lipinski definition) is 0. The lowest BCUT2D eigenvalue weighted by molar-refractivity contribution is -0.131. The van der Waals surface area contributed by atoms with Gasteiger partial charge in [0.05, 0.1) is 0 Å². The van der Waals surface area contributed by atoms with Gasteiger partial charge in [0.15, 0.2) is 0 Å². The van der Waals surface area contributed by atoms with Crippen molar-refractivity contribution in [2.45, 2.75) is 45.4 Å². The summed E-state index contributed by atoms with van der Waals surface area (Å²) < 4.78 is 0. The van der Waals surface area contributed by atoms with E-state index in [0.717, 1.165) is 38.3 Å². The molecule has 2 nitrogen and oxygen atoms in total. The highest BCUT2D eigenvalue weighted by atomic mass is 32.1. The van der Waals surface area contributed by atoms with E-state index >= 15 is 0 Å². The Bertz CT molecular complexity index is 357. The van der Waals surface area contributed by atoms with Crippen LogP contribution in [0.1, 0.15) is 43.9 Å². The number of amides is 1. The number of carbonyl (C=O) groups excluding carboxylic acids is 1. The van der Waals surface area contributed by atoms with E-state index in [1.165, 1.54) is 17.7 Å². The normalized spacial score (nSPS) is 14.7. The van der Waals surface area contributed by atoms with Crippen LogP contribution in [0.5, 0.6) is 0 Å². The lowest BCUT2D eigenvalue weighted by atomic mass is 10.2. The van der Waals surface area contributed by atoms with Gasteiger partial charge in [-0.05, 0) is 49.5 Å². The van der Waals surface area contributed by atoms with Crippen LogP contribution in [0.15, 0.2) is 17.5 Å². The Kier molecular flexibility index (Phi) is 5.24. The fourth-order valence-corrected chi connectivity index (χ4v) is 2.98. The third-order valence-electron chi connectivity index (χ3n) is 3.42.